The number of nitrogens with one attached hydrogen (secondary N) is 2. The predicted molar refractivity (Wildman–Crippen MR) is 118 cm³/mol. The van der Waals surface area contributed by atoms with E-state index in [-0.39, 0.29) is 36.6 Å². The van der Waals surface area contributed by atoms with Crippen LogP contribution in [-0.4, -0.2) is 74.2 Å². The lowest BCUT2D eigenvalue weighted by molar-refractivity contribution is -0.157. The van der Waals surface area contributed by atoms with Crippen molar-refractivity contribution < 1.29 is 26.7 Å². The summed E-state index contributed by atoms with van der Waals surface area (Å²) < 4.78 is 63.4. The summed E-state index contributed by atoms with van der Waals surface area (Å²) in [5.74, 6) is -2.10. The van der Waals surface area contributed by atoms with E-state index in [1.54, 1.807) is 6.07 Å². The van der Waals surface area contributed by atoms with Gasteiger partial charge in [0.25, 0.3) is 0 Å². The molecule has 0 unspecified atom stereocenters. The molecule has 1 fully saturated rings. The van der Waals surface area contributed by atoms with Crippen molar-refractivity contribution in [2.45, 2.75) is 31.6 Å². The molecule has 1 aromatic rings. The van der Waals surface area contributed by atoms with E-state index < -0.39 is 30.3 Å². The number of alkyl halides is 3. The number of likely N-dealkylation sites (N-methyl/N-ethyl adjacent to an activating group) is 1. The molecule has 0 radical (unpaired) electrons. The van der Waals surface area contributed by atoms with E-state index in [1.807, 2.05) is 0 Å². The molecule has 2 N–H and O–H groups in total. The van der Waals surface area contributed by atoms with Gasteiger partial charge in [0.1, 0.15) is 6.54 Å². The van der Waals surface area contributed by atoms with Gasteiger partial charge in [0.2, 0.25) is 5.91 Å². The smallest absolute Gasteiger partial charge is 0.354 e. The van der Waals surface area contributed by atoms with Crippen LogP contribution in [-0.2, 0) is 11.3 Å². The number of rotatable bonds is 6. The summed E-state index contributed by atoms with van der Waals surface area (Å²) in [5.41, 5.74) is 0.694. The second-order valence-electron chi connectivity index (χ2n) is 7.23. The third-order valence-corrected chi connectivity index (χ3v) is 4.79. The number of hydrogen-bond acceptors (Lipinski definition) is 3. The fourth-order valence-electron chi connectivity index (χ4n) is 3.17. The summed E-state index contributed by atoms with van der Waals surface area (Å²) in [4.78, 5) is 18.6. The first-order valence-electron chi connectivity index (χ1n) is 9.51. The molecule has 12 heteroatoms. The van der Waals surface area contributed by atoms with Gasteiger partial charge in [-0.1, -0.05) is 6.07 Å². The molecule has 0 atom stereocenters. The van der Waals surface area contributed by atoms with Crippen molar-refractivity contribution in [1.82, 2.24) is 20.4 Å². The summed E-state index contributed by atoms with van der Waals surface area (Å²) in [7, 11) is 2.61. The highest BCUT2D eigenvalue weighted by Gasteiger charge is 2.31. The Morgan fingerprint density at radius 3 is 2.42 bits per heavy atom. The molecule has 31 heavy (non-hydrogen) atoms. The first kappa shape index (κ1) is 27.3. The molecular formula is C19H27F5IN5O. The number of nitrogens with zero attached hydrogens (tertiary/aromatic N) is 3. The number of carbonyl (C=O) groups excluding carboxylic acids is 1. The number of halogens is 6. The highest BCUT2D eigenvalue weighted by atomic mass is 127. The molecule has 0 saturated carbocycles. The summed E-state index contributed by atoms with van der Waals surface area (Å²) >= 11 is 0. The highest BCUT2D eigenvalue weighted by Crippen LogP contribution is 2.16. The Balaban J connectivity index is 0.00000480. The Bertz CT molecular complexity index is 754. The summed E-state index contributed by atoms with van der Waals surface area (Å²) in [6, 6.07) is 3.93. The third kappa shape index (κ3) is 9.54. The quantitative estimate of drug-likeness (QED) is 0.242. The maximum Gasteiger partial charge on any atom is 0.406 e. The van der Waals surface area contributed by atoms with Crippen LogP contribution in [0.5, 0.6) is 0 Å². The monoisotopic (exact) mass is 563 g/mol. The molecule has 1 aliphatic heterocycles. The van der Waals surface area contributed by atoms with Crippen molar-refractivity contribution >= 4 is 35.8 Å². The molecule has 176 valence electrons. The number of carbonyl (C=O) groups is 1. The number of guanidine groups is 1. The molecule has 1 aromatic carbocycles. The van der Waals surface area contributed by atoms with Gasteiger partial charge >= 0.3 is 6.18 Å². The molecule has 1 saturated heterocycles. The van der Waals surface area contributed by atoms with Gasteiger partial charge in [-0.15, -0.1) is 24.0 Å². The first-order chi connectivity index (χ1) is 14.1. The van der Waals surface area contributed by atoms with Crippen molar-refractivity contribution in [3.8, 4) is 0 Å². The van der Waals surface area contributed by atoms with Gasteiger partial charge in [-0.2, -0.15) is 13.2 Å². The molecule has 0 spiro atoms. The summed E-state index contributed by atoms with van der Waals surface area (Å²) in [5, 5.41) is 5.89. The Kier molecular flexibility index (Phi) is 10.9. The van der Waals surface area contributed by atoms with Crippen LogP contribution in [0.2, 0.25) is 0 Å². The minimum absolute atomic E-state index is 0. The third-order valence-electron chi connectivity index (χ3n) is 4.79. The molecule has 2 rings (SSSR count). The van der Waals surface area contributed by atoms with Crippen LogP contribution in [0, 0.1) is 11.6 Å². The van der Waals surface area contributed by atoms with Gasteiger partial charge in [-0.25, -0.2) is 8.78 Å². The molecule has 0 aromatic heterocycles. The average Bonchev–Trinajstić information content (AvgIpc) is 2.67. The summed E-state index contributed by atoms with van der Waals surface area (Å²) in [6.07, 6.45) is -2.93. The minimum atomic E-state index is -4.45. The molecule has 1 aliphatic rings. The number of piperidine rings is 1. The molecular weight excluding hydrogens is 536 g/mol. The number of hydrogen-bond donors (Lipinski definition) is 2. The van der Waals surface area contributed by atoms with Gasteiger partial charge in [0.05, 0.1) is 6.54 Å². The maximum atomic E-state index is 13.3. The van der Waals surface area contributed by atoms with Crippen molar-refractivity contribution in [2.75, 3.05) is 40.3 Å². The zero-order valence-electron chi connectivity index (χ0n) is 17.3. The highest BCUT2D eigenvalue weighted by molar-refractivity contribution is 14.0. The number of likely N-dealkylation sites (tertiary alicyclic amines) is 1. The zero-order chi connectivity index (χ0) is 22.3. The topological polar surface area (TPSA) is 60.0 Å². The first-order valence-corrected chi connectivity index (χ1v) is 9.51. The Morgan fingerprint density at radius 2 is 1.87 bits per heavy atom. The normalized spacial score (nSPS) is 15.9. The Labute approximate surface area is 195 Å². The number of aliphatic imine (C=N–C) groups is 1. The fraction of sp³-hybridized carbons (Fsp3) is 0.579. The van der Waals surface area contributed by atoms with Gasteiger partial charge in [0, 0.05) is 39.8 Å². The zero-order valence-corrected chi connectivity index (χ0v) is 19.6. The van der Waals surface area contributed by atoms with E-state index in [9.17, 15) is 26.7 Å². The Morgan fingerprint density at radius 1 is 1.23 bits per heavy atom. The van der Waals surface area contributed by atoms with Crippen LogP contribution in [0.4, 0.5) is 22.0 Å². The second-order valence-corrected chi connectivity index (χ2v) is 7.23. The van der Waals surface area contributed by atoms with Gasteiger partial charge < -0.3 is 15.5 Å². The number of amides is 1. The average molecular weight is 563 g/mol. The van der Waals surface area contributed by atoms with E-state index in [4.69, 9.17) is 0 Å². The van der Waals surface area contributed by atoms with Gasteiger partial charge in [0.15, 0.2) is 17.6 Å². The lowest BCUT2D eigenvalue weighted by Gasteiger charge is -2.33. The van der Waals surface area contributed by atoms with Crippen LogP contribution in [0.1, 0.15) is 18.4 Å². The van der Waals surface area contributed by atoms with Crippen LogP contribution in [0.25, 0.3) is 0 Å². The van der Waals surface area contributed by atoms with Crippen molar-refractivity contribution in [3.05, 3.63) is 35.4 Å². The van der Waals surface area contributed by atoms with Crippen LogP contribution in [0.3, 0.4) is 0 Å². The lowest BCUT2D eigenvalue weighted by atomic mass is 10.0. The predicted octanol–water partition coefficient (Wildman–Crippen LogP) is 2.73. The number of benzene rings is 1. The van der Waals surface area contributed by atoms with Crippen molar-refractivity contribution in [2.24, 2.45) is 4.99 Å². The van der Waals surface area contributed by atoms with E-state index in [1.165, 1.54) is 13.1 Å². The van der Waals surface area contributed by atoms with Gasteiger partial charge in [-0.3, -0.25) is 14.7 Å². The van der Waals surface area contributed by atoms with Crippen LogP contribution < -0.4 is 10.6 Å². The summed E-state index contributed by atoms with van der Waals surface area (Å²) in [6.45, 7) is 0.343. The minimum Gasteiger partial charge on any atom is -0.354 e. The molecule has 6 nitrogen and oxygen atoms in total. The lowest BCUT2D eigenvalue weighted by Crippen LogP contribution is -2.50. The second kappa shape index (κ2) is 12.4. The molecule has 1 heterocycles. The van der Waals surface area contributed by atoms with Gasteiger partial charge in [-0.05, 0) is 30.5 Å². The molecule has 0 aliphatic carbocycles. The van der Waals surface area contributed by atoms with E-state index in [2.05, 4.69) is 20.5 Å². The SMILES string of the molecule is CN=C(NCC(=O)N(C)CC(F)(F)F)NC1CCN(Cc2ccc(F)c(F)c2)CC1.I. The van der Waals surface area contributed by atoms with E-state index >= 15 is 0 Å². The van der Waals surface area contributed by atoms with Crippen molar-refractivity contribution in [3.63, 3.8) is 0 Å². The fourth-order valence-corrected chi connectivity index (χ4v) is 3.17. The van der Waals surface area contributed by atoms with E-state index in [0.29, 0.717) is 23.0 Å². The van der Waals surface area contributed by atoms with Crippen LogP contribution in [0.15, 0.2) is 23.2 Å². The van der Waals surface area contributed by atoms with Crippen molar-refractivity contribution in [1.29, 1.82) is 0 Å². The molecule has 1 amide bonds. The van der Waals surface area contributed by atoms with E-state index in [0.717, 1.165) is 39.0 Å². The van der Waals surface area contributed by atoms with Crippen LogP contribution >= 0.6 is 24.0 Å². The Hall–Kier alpha value is -1.70. The largest absolute Gasteiger partial charge is 0.406 e. The maximum absolute atomic E-state index is 13.3. The molecule has 0 bridgehead atoms. The standard InChI is InChI=1S/C19H26F5N5O.HI/c1-25-18(26-10-17(30)28(2)12-19(22,23)24)27-14-5-7-29(8-6-14)11-13-3-4-15(20)16(21)9-13;/h3-4,9,14H,5-8,10-12H2,1-2H3,(H2,25,26,27);1H.